The molecular formula is C12H11F3N2O. The molecule has 18 heavy (non-hydrogen) atoms. The third-order valence-corrected chi connectivity index (χ3v) is 2.72. The minimum atomic E-state index is -4.52. The van der Waals surface area contributed by atoms with Gasteiger partial charge in [0.15, 0.2) is 0 Å². The molecule has 1 atom stereocenters. The van der Waals surface area contributed by atoms with Crippen LogP contribution in [0, 0.1) is 0 Å². The number of aromatic nitrogens is 2. The molecular weight excluding hydrogens is 245 g/mol. The van der Waals surface area contributed by atoms with Gasteiger partial charge in [0.05, 0.1) is 5.56 Å². The highest BCUT2D eigenvalue weighted by Gasteiger charge is 2.40. The topological polar surface area (TPSA) is 48.9 Å². The zero-order chi connectivity index (χ0) is 13.4. The Balaban J connectivity index is 2.58. The Hall–Kier alpha value is -1.82. The van der Waals surface area contributed by atoms with E-state index in [9.17, 15) is 18.3 Å². The summed E-state index contributed by atoms with van der Waals surface area (Å²) in [6.07, 6.45) is -1.70. The monoisotopic (exact) mass is 256 g/mol. The van der Waals surface area contributed by atoms with Crippen molar-refractivity contribution in [3.05, 3.63) is 53.6 Å². The maximum absolute atomic E-state index is 12.9. The smallest absolute Gasteiger partial charge is 0.377 e. The first-order valence-electron chi connectivity index (χ1n) is 5.22. The van der Waals surface area contributed by atoms with Gasteiger partial charge in [0, 0.05) is 18.0 Å². The van der Waals surface area contributed by atoms with E-state index in [2.05, 4.69) is 9.97 Å². The molecule has 96 valence electrons. The molecule has 2 N–H and O–H groups in total. The molecule has 3 nitrogen and oxygen atoms in total. The van der Waals surface area contributed by atoms with E-state index in [1.165, 1.54) is 37.5 Å². The van der Waals surface area contributed by atoms with Gasteiger partial charge in [0.2, 0.25) is 0 Å². The van der Waals surface area contributed by atoms with Gasteiger partial charge in [-0.1, -0.05) is 18.2 Å². The fourth-order valence-corrected chi connectivity index (χ4v) is 1.81. The maximum atomic E-state index is 12.9. The molecule has 0 aliphatic heterocycles. The van der Waals surface area contributed by atoms with Crippen molar-refractivity contribution in [2.45, 2.75) is 18.7 Å². The molecule has 0 saturated carbocycles. The molecule has 0 saturated heterocycles. The molecule has 2 rings (SSSR count). The minimum absolute atomic E-state index is 0.0687. The van der Waals surface area contributed by atoms with E-state index in [1.807, 2.05) is 0 Å². The van der Waals surface area contributed by atoms with Gasteiger partial charge >= 0.3 is 6.18 Å². The maximum Gasteiger partial charge on any atom is 0.416 e. The van der Waals surface area contributed by atoms with Crippen molar-refractivity contribution in [2.24, 2.45) is 0 Å². The summed E-state index contributed by atoms with van der Waals surface area (Å²) in [6.45, 7) is 1.27. The van der Waals surface area contributed by atoms with Crippen molar-refractivity contribution in [3.8, 4) is 0 Å². The number of rotatable bonds is 2. The third-order valence-electron chi connectivity index (χ3n) is 2.72. The van der Waals surface area contributed by atoms with Crippen LogP contribution < -0.4 is 0 Å². The highest BCUT2D eigenvalue weighted by atomic mass is 19.4. The van der Waals surface area contributed by atoms with E-state index in [-0.39, 0.29) is 11.4 Å². The number of aromatic amines is 1. The van der Waals surface area contributed by atoms with Gasteiger partial charge in [0.1, 0.15) is 11.4 Å². The van der Waals surface area contributed by atoms with Gasteiger partial charge in [-0.05, 0) is 13.0 Å². The quantitative estimate of drug-likeness (QED) is 0.867. The summed E-state index contributed by atoms with van der Waals surface area (Å²) < 4.78 is 38.6. The number of H-pyrrole nitrogens is 1. The molecule has 0 aliphatic rings. The predicted octanol–water partition coefficient (Wildman–Crippen LogP) is 2.68. The van der Waals surface area contributed by atoms with E-state index < -0.39 is 17.3 Å². The SMILES string of the molecule is CC(O)(c1ncc[nH]1)c1ccccc1C(F)(F)F. The van der Waals surface area contributed by atoms with Crippen molar-refractivity contribution < 1.29 is 18.3 Å². The fourth-order valence-electron chi connectivity index (χ4n) is 1.81. The molecule has 0 spiro atoms. The van der Waals surface area contributed by atoms with Gasteiger partial charge in [-0.15, -0.1) is 0 Å². The highest BCUT2D eigenvalue weighted by molar-refractivity contribution is 5.37. The van der Waals surface area contributed by atoms with E-state index in [4.69, 9.17) is 0 Å². The Kier molecular flexibility index (Phi) is 2.90. The van der Waals surface area contributed by atoms with Crippen LogP contribution in [0.4, 0.5) is 13.2 Å². The van der Waals surface area contributed by atoms with E-state index in [0.717, 1.165) is 6.07 Å². The number of benzene rings is 1. The standard InChI is InChI=1S/C12H11F3N2O/c1-11(18,10-16-6-7-17-10)8-4-2-3-5-9(8)12(13,14)15/h2-7,18H,1H3,(H,16,17). The summed E-state index contributed by atoms with van der Waals surface area (Å²) in [6, 6.07) is 4.91. The number of nitrogens with zero attached hydrogens (tertiary/aromatic N) is 1. The largest absolute Gasteiger partial charge is 0.416 e. The lowest BCUT2D eigenvalue weighted by molar-refractivity contribution is -0.140. The number of nitrogens with one attached hydrogen (secondary N) is 1. The summed E-state index contributed by atoms with van der Waals surface area (Å²) in [5, 5.41) is 10.3. The Morgan fingerprint density at radius 2 is 1.78 bits per heavy atom. The van der Waals surface area contributed by atoms with Crippen LogP contribution in [0.1, 0.15) is 23.9 Å². The van der Waals surface area contributed by atoms with Crippen LogP contribution in [0.2, 0.25) is 0 Å². The van der Waals surface area contributed by atoms with Crippen molar-refractivity contribution in [1.82, 2.24) is 9.97 Å². The molecule has 0 radical (unpaired) electrons. The average molecular weight is 256 g/mol. The molecule has 2 aromatic rings. The van der Waals surface area contributed by atoms with Crippen molar-refractivity contribution >= 4 is 0 Å². The molecule has 6 heteroatoms. The van der Waals surface area contributed by atoms with Gasteiger partial charge < -0.3 is 10.1 Å². The van der Waals surface area contributed by atoms with Gasteiger partial charge in [-0.25, -0.2) is 4.98 Å². The van der Waals surface area contributed by atoms with Gasteiger partial charge in [-0.3, -0.25) is 0 Å². The molecule has 1 aromatic heterocycles. The number of hydrogen-bond donors (Lipinski definition) is 2. The first-order chi connectivity index (χ1) is 8.33. The van der Waals surface area contributed by atoms with Crippen LogP contribution >= 0.6 is 0 Å². The molecule has 1 aromatic carbocycles. The first-order valence-corrected chi connectivity index (χ1v) is 5.22. The summed E-state index contributed by atoms with van der Waals surface area (Å²) >= 11 is 0. The Morgan fingerprint density at radius 3 is 2.28 bits per heavy atom. The molecule has 1 heterocycles. The number of imidazole rings is 1. The van der Waals surface area contributed by atoms with Crippen LogP contribution in [-0.2, 0) is 11.8 Å². The molecule has 0 amide bonds. The van der Waals surface area contributed by atoms with Crippen LogP contribution in [0.15, 0.2) is 36.7 Å². The van der Waals surface area contributed by atoms with E-state index >= 15 is 0 Å². The lowest BCUT2D eigenvalue weighted by atomic mass is 9.90. The van der Waals surface area contributed by atoms with Crippen molar-refractivity contribution in [3.63, 3.8) is 0 Å². The highest BCUT2D eigenvalue weighted by Crippen LogP contribution is 2.38. The second-order valence-electron chi connectivity index (χ2n) is 4.05. The second-order valence-corrected chi connectivity index (χ2v) is 4.05. The number of aliphatic hydroxyl groups is 1. The number of halogens is 3. The zero-order valence-electron chi connectivity index (χ0n) is 9.49. The number of alkyl halides is 3. The van der Waals surface area contributed by atoms with Crippen LogP contribution in [0.5, 0.6) is 0 Å². The Bertz CT molecular complexity index is 533. The first kappa shape index (κ1) is 12.6. The molecule has 1 unspecified atom stereocenters. The number of hydrogen-bond acceptors (Lipinski definition) is 2. The van der Waals surface area contributed by atoms with E-state index in [0.29, 0.717) is 0 Å². The second kappa shape index (κ2) is 4.13. The fraction of sp³-hybridized carbons (Fsp3) is 0.250. The van der Waals surface area contributed by atoms with Crippen molar-refractivity contribution in [1.29, 1.82) is 0 Å². The van der Waals surface area contributed by atoms with Crippen LogP contribution in [-0.4, -0.2) is 15.1 Å². The lowest BCUT2D eigenvalue weighted by Gasteiger charge is -2.25. The Morgan fingerprint density at radius 1 is 1.17 bits per heavy atom. The summed E-state index contributed by atoms with van der Waals surface area (Å²) in [5.41, 5.74) is -2.92. The Labute approximate surface area is 101 Å². The minimum Gasteiger partial charge on any atom is -0.377 e. The van der Waals surface area contributed by atoms with Gasteiger partial charge in [0.25, 0.3) is 0 Å². The summed E-state index contributed by atoms with van der Waals surface area (Å²) in [7, 11) is 0. The third kappa shape index (κ3) is 2.11. The summed E-state index contributed by atoms with van der Waals surface area (Å²) in [4.78, 5) is 6.44. The zero-order valence-corrected chi connectivity index (χ0v) is 9.49. The molecule has 0 fully saturated rings. The molecule has 0 bridgehead atoms. The van der Waals surface area contributed by atoms with Crippen molar-refractivity contribution in [2.75, 3.05) is 0 Å². The predicted molar refractivity (Wildman–Crippen MR) is 58.7 cm³/mol. The van der Waals surface area contributed by atoms with Crippen LogP contribution in [0.25, 0.3) is 0 Å². The van der Waals surface area contributed by atoms with Gasteiger partial charge in [-0.2, -0.15) is 13.2 Å². The summed E-state index contributed by atoms with van der Waals surface area (Å²) in [5.74, 6) is 0.0687. The van der Waals surface area contributed by atoms with Crippen LogP contribution in [0.3, 0.4) is 0 Å². The normalized spacial score (nSPS) is 15.4. The average Bonchev–Trinajstić information content (AvgIpc) is 2.82. The van der Waals surface area contributed by atoms with E-state index in [1.54, 1.807) is 0 Å². The molecule has 0 aliphatic carbocycles. The lowest BCUT2D eigenvalue weighted by Crippen LogP contribution is -2.28.